The maximum atomic E-state index is 11.2. The highest BCUT2D eigenvalue weighted by atomic mass is 16.5. The Kier molecular flexibility index (Phi) is 2.52. The van der Waals surface area contributed by atoms with Crippen LogP contribution in [0.5, 0.6) is 5.88 Å². The lowest BCUT2D eigenvalue weighted by Crippen LogP contribution is -1.99. The second kappa shape index (κ2) is 3.84. The van der Waals surface area contributed by atoms with Crippen LogP contribution in [-0.2, 0) is 6.42 Å². The lowest BCUT2D eigenvalue weighted by atomic mass is 10.1. The number of carbonyl (C=O) groups is 1. The van der Waals surface area contributed by atoms with E-state index in [1.54, 1.807) is 18.2 Å². The fourth-order valence-electron chi connectivity index (χ4n) is 1.73. The van der Waals surface area contributed by atoms with Crippen LogP contribution in [0.15, 0.2) is 18.2 Å². The molecule has 0 fully saturated rings. The summed E-state index contributed by atoms with van der Waals surface area (Å²) in [7, 11) is 1.53. The van der Waals surface area contributed by atoms with Crippen LogP contribution in [0.2, 0.25) is 0 Å². The number of aryl methyl sites for hydroxylation is 1. The summed E-state index contributed by atoms with van der Waals surface area (Å²) < 4.78 is 6.64. The Labute approximate surface area is 92.3 Å². The minimum Gasteiger partial charge on any atom is -0.481 e. The number of pyridine rings is 1. The van der Waals surface area contributed by atoms with E-state index in [9.17, 15) is 4.79 Å². The lowest BCUT2D eigenvalue weighted by molar-refractivity contribution is 0.0698. The number of carboxylic acids is 1. The predicted molar refractivity (Wildman–Crippen MR) is 58.1 cm³/mol. The van der Waals surface area contributed by atoms with Crippen LogP contribution >= 0.6 is 0 Å². The van der Waals surface area contributed by atoms with Crippen LogP contribution in [0.1, 0.15) is 23.0 Å². The van der Waals surface area contributed by atoms with Gasteiger partial charge in [0, 0.05) is 6.07 Å². The predicted octanol–water partition coefficient (Wildman–Crippen LogP) is 1.60. The molecular weight excluding hydrogens is 208 g/mol. The van der Waals surface area contributed by atoms with E-state index in [4.69, 9.17) is 9.84 Å². The van der Waals surface area contributed by atoms with Crippen LogP contribution in [0, 0.1) is 0 Å². The van der Waals surface area contributed by atoms with Gasteiger partial charge >= 0.3 is 5.97 Å². The second-order valence-corrected chi connectivity index (χ2v) is 3.35. The summed E-state index contributed by atoms with van der Waals surface area (Å²) in [5, 5.41) is 13.4. The van der Waals surface area contributed by atoms with Gasteiger partial charge in [-0.25, -0.2) is 4.79 Å². The number of nitrogens with zero attached hydrogens (tertiary/aromatic N) is 2. The summed E-state index contributed by atoms with van der Waals surface area (Å²) in [6.07, 6.45) is 0.576. The molecule has 16 heavy (non-hydrogen) atoms. The zero-order chi connectivity index (χ0) is 11.7. The molecule has 5 nitrogen and oxygen atoms in total. The van der Waals surface area contributed by atoms with Gasteiger partial charge in [-0.2, -0.15) is 9.61 Å². The minimum atomic E-state index is -0.958. The van der Waals surface area contributed by atoms with Crippen molar-refractivity contribution in [1.29, 1.82) is 0 Å². The monoisotopic (exact) mass is 220 g/mol. The SMILES string of the molecule is CCc1nn2c(OC)cccc2c1C(=O)O. The van der Waals surface area contributed by atoms with E-state index in [0.29, 0.717) is 23.5 Å². The van der Waals surface area contributed by atoms with Gasteiger partial charge in [0.2, 0.25) is 5.88 Å². The van der Waals surface area contributed by atoms with Crippen LogP contribution in [0.3, 0.4) is 0 Å². The van der Waals surface area contributed by atoms with E-state index in [1.165, 1.54) is 11.6 Å². The van der Waals surface area contributed by atoms with Gasteiger partial charge in [0.05, 0.1) is 18.3 Å². The van der Waals surface area contributed by atoms with Gasteiger partial charge in [0.25, 0.3) is 0 Å². The quantitative estimate of drug-likeness (QED) is 0.853. The molecule has 1 N–H and O–H groups in total. The molecule has 0 aromatic carbocycles. The van der Waals surface area contributed by atoms with E-state index >= 15 is 0 Å². The average Bonchev–Trinajstić information content (AvgIpc) is 2.66. The smallest absolute Gasteiger partial charge is 0.339 e. The molecule has 0 saturated heterocycles. The van der Waals surface area contributed by atoms with E-state index in [0.717, 1.165) is 0 Å². The number of aromatic nitrogens is 2. The van der Waals surface area contributed by atoms with Crippen molar-refractivity contribution in [2.24, 2.45) is 0 Å². The zero-order valence-electron chi connectivity index (χ0n) is 9.10. The van der Waals surface area contributed by atoms with Crippen molar-refractivity contribution in [3.63, 3.8) is 0 Å². The summed E-state index contributed by atoms with van der Waals surface area (Å²) in [6, 6.07) is 5.21. The van der Waals surface area contributed by atoms with Gasteiger partial charge < -0.3 is 9.84 Å². The third kappa shape index (κ3) is 1.41. The first-order valence-corrected chi connectivity index (χ1v) is 4.97. The fraction of sp³-hybridized carbons (Fsp3) is 0.273. The molecule has 5 heteroatoms. The van der Waals surface area contributed by atoms with Gasteiger partial charge in [-0.05, 0) is 12.5 Å². The summed E-state index contributed by atoms with van der Waals surface area (Å²) >= 11 is 0. The highest BCUT2D eigenvalue weighted by Crippen LogP contribution is 2.21. The molecule has 84 valence electrons. The zero-order valence-corrected chi connectivity index (χ0v) is 9.10. The Morgan fingerprint density at radius 2 is 2.31 bits per heavy atom. The molecule has 0 aliphatic rings. The molecule has 0 spiro atoms. The Morgan fingerprint density at radius 3 is 2.88 bits per heavy atom. The van der Waals surface area contributed by atoms with Crippen molar-refractivity contribution >= 4 is 11.5 Å². The molecule has 0 radical (unpaired) electrons. The third-order valence-corrected chi connectivity index (χ3v) is 2.45. The number of aromatic carboxylic acids is 1. The summed E-state index contributed by atoms with van der Waals surface area (Å²) in [6.45, 7) is 1.88. The van der Waals surface area contributed by atoms with Crippen molar-refractivity contribution in [2.45, 2.75) is 13.3 Å². The fourth-order valence-corrected chi connectivity index (χ4v) is 1.73. The van der Waals surface area contributed by atoms with Crippen molar-refractivity contribution in [3.05, 3.63) is 29.5 Å². The number of rotatable bonds is 3. The van der Waals surface area contributed by atoms with E-state index < -0.39 is 5.97 Å². The number of ether oxygens (including phenoxy) is 1. The van der Waals surface area contributed by atoms with Gasteiger partial charge in [0.1, 0.15) is 5.56 Å². The summed E-state index contributed by atoms with van der Waals surface area (Å²) in [5.74, 6) is -0.431. The molecule has 0 unspecified atom stereocenters. The van der Waals surface area contributed by atoms with E-state index in [2.05, 4.69) is 5.10 Å². The van der Waals surface area contributed by atoms with Crippen molar-refractivity contribution < 1.29 is 14.6 Å². The Hall–Kier alpha value is -2.04. The first kappa shape index (κ1) is 10.5. The average molecular weight is 220 g/mol. The summed E-state index contributed by atoms with van der Waals surface area (Å²) in [5.41, 5.74) is 1.38. The highest BCUT2D eigenvalue weighted by molar-refractivity contribution is 5.97. The molecule has 2 aromatic rings. The van der Waals surface area contributed by atoms with E-state index in [-0.39, 0.29) is 5.56 Å². The molecule has 0 aliphatic carbocycles. The second-order valence-electron chi connectivity index (χ2n) is 3.35. The molecule has 0 saturated carbocycles. The van der Waals surface area contributed by atoms with Gasteiger partial charge in [0.15, 0.2) is 0 Å². The Morgan fingerprint density at radius 1 is 1.56 bits per heavy atom. The number of fused-ring (bicyclic) bond motifs is 1. The van der Waals surface area contributed by atoms with Gasteiger partial charge in [-0.15, -0.1) is 0 Å². The Bertz CT molecular complexity index is 545. The molecule has 2 aromatic heterocycles. The summed E-state index contributed by atoms with van der Waals surface area (Å²) in [4.78, 5) is 11.2. The molecule has 0 atom stereocenters. The molecule has 0 bridgehead atoms. The van der Waals surface area contributed by atoms with Crippen LogP contribution in [0.4, 0.5) is 0 Å². The first-order valence-electron chi connectivity index (χ1n) is 4.97. The molecule has 0 amide bonds. The molecule has 2 rings (SSSR count). The maximum absolute atomic E-state index is 11.2. The topological polar surface area (TPSA) is 63.8 Å². The van der Waals surface area contributed by atoms with Gasteiger partial charge in [-0.3, -0.25) is 0 Å². The molecule has 2 heterocycles. The maximum Gasteiger partial charge on any atom is 0.339 e. The first-order chi connectivity index (χ1) is 7.69. The van der Waals surface area contributed by atoms with Crippen molar-refractivity contribution in [3.8, 4) is 5.88 Å². The normalized spacial score (nSPS) is 10.6. The Balaban J connectivity index is 2.82. The minimum absolute atomic E-state index is 0.251. The van der Waals surface area contributed by atoms with Crippen molar-refractivity contribution in [2.75, 3.05) is 7.11 Å². The van der Waals surface area contributed by atoms with Crippen LogP contribution in [0.25, 0.3) is 5.52 Å². The van der Waals surface area contributed by atoms with E-state index in [1.807, 2.05) is 6.92 Å². The molecular formula is C11H12N2O3. The molecule has 0 aliphatic heterocycles. The largest absolute Gasteiger partial charge is 0.481 e. The lowest BCUT2D eigenvalue weighted by Gasteiger charge is -2.01. The number of methoxy groups -OCH3 is 1. The number of hydrogen-bond acceptors (Lipinski definition) is 3. The van der Waals surface area contributed by atoms with Crippen molar-refractivity contribution in [1.82, 2.24) is 9.61 Å². The van der Waals surface area contributed by atoms with Gasteiger partial charge in [-0.1, -0.05) is 13.0 Å². The number of hydrogen-bond donors (Lipinski definition) is 1. The highest BCUT2D eigenvalue weighted by Gasteiger charge is 2.18. The van der Waals surface area contributed by atoms with Crippen LogP contribution < -0.4 is 4.74 Å². The number of carboxylic acid groups (broad SMARTS) is 1. The van der Waals surface area contributed by atoms with Crippen LogP contribution in [-0.4, -0.2) is 27.8 Å². The third-order valence-electron chi connectivity index (χ3n) is 2.45. The standard InChI is InChI=1S/C11H12N2O3/c1-3-7-10(11(14)15)8-5-4-6-9(16-2)13(8)12-7/h4-6H,3H2,1-2H3,(H,14,15).